The van der Waals surface area contributed by atoms with Crippen LogP contribution in [0.5, 0.6) is 11.5 Å². The first-order valence-electron chi connectivity index (χ1n) is 9.63. The number of ether oxygens (including phenoxy) is 2. The zero-order valence-electron chi connectivity index (χ0n) is 16.8. The van der Waals surface area contributed by atoms with Crippen LogP contribution in [0.25, 0.3) is 0 Å². The molecule has 2 aliphatic rings. The minimum atomic E-state index is -3.67. The summed E-state index contributed by atoms with van der Waals surface area (Å²) in [6.07, 6.45) is 0. The molecule has 2 aromatic rings. The van der Waals surface area contributed by atoms with Crippen LogP contribution < -0.4 is 14.8 Å². The van der Waals surface area contributed by atoms with E-state index in [1.807, 2.05) is 32.0 Å². The van der Waals surface area contributed by atoms with Gasteiger partial charge in [-0.25, -0.2) is 8.42 Å². The summed E-state index contributed by atoms with van der Waals surface area (Å²) in [5, 5.41) is 4.58. The monoisotopic (exact) mass is 468 g/mol. The van der Waals surface area contributed by atoms with E-state index in [0.29, 0.717) is 31.1 Å². The molecule has 4 rings (SSSR count). The molecule has 0 radical (unpaired) electrons. The number of fused-ring (bicyclic) bond motifs is 1. The van der Waals surface area contributed by atoms with Crippen molar-refractivity contribution in [3.63, 3.8) is 0 Å². The molecule has 10 heteroatoms. The van der Waals surface area contributed by atoms with Crippen molar-refractivity contribution in [2.24, 2.45) is 0 Å². The fourth-order valence-corrected chi connectivity index (χ4v) is 7.29. The van der Waals surface area contributed by atoms with Crippen LogP contribution in [0, 0.1) is 0 Å². The SMILES string of the molecule is CC(C)(CNC(=O)c1sccc1S(=O)(=O)N1CCSCC1)c1ccc2c(c1)OCO2. The van der Waals surface area contributed by atoms with E-state index in [1.165, 1.54) is 10.4 Å². The van der Waals surface area contributed by atoms with Crippen molar-refractivity contribution in [2.75, 3.05) is 37.9 Å². The zero-order chi connectivity index (χ0) is 21.4. The quantitative estimate of drug-likeness (QED) is 0.702. The number of hydrogen-bond donors (Lipinski definition) is 1. The minimum absolute atomic E-state index is 0.0952. The Hall–Kier alpha value is -1.75. The first-order chi connectivity index (χ1) is 14.3. The van der Waals surface area contributed by atoms with E-state index in [4.69, 9.17) is 9.47 Å². The van der Waals surface area contributed by atoms with Crippen LogP contribution in [0.2, 0.25) is 0 Å². The highest BCUT2D eigenvalue weighted by Gasteiger charge is 2.32. The number of carbonyl (C=O) groups excluding carboxylic acids is 1. The molecule has 2 aliphatic heterocycles. The van der Waals surface area contributed by atoms with Gasteiger partial charge in [-0.3, -0.25) is 4.79 Å². The predicted octanol–water partition coefficient (Wildman–Crippen LogP) is 2.92. The maximum absolute atomic E-state index is 13.0. The number of hydrogen-bond acceptors (Lipinski definition) is 7. The number of thioether (sulfide) groups is 1. The van der Waals surface area contributed by atoms with Gasteiger partial charge in [0.15, 0.2) is 11.5 Å². The molecule has 1 fully saturated rings. The average Bonchev–Trinajstić information content (AvgIpc) is 3.42. The smallest absolute Gasteiger partial charge is 0.262 e. The molecule has 0 saturated carbocycles. The summed E-state index contributed by atoms with van der Waals surface area (Å²) in [6, 6.07) is 7.26. The molecule has 30 heavy (non-hydrogen) atoms. The molecule has 0 bridgehead atoms. The number of nitrogens with zero attached hydrogens (tertiary/aromatic N) is 1. The highest BCUT2D eigenvalue weighted by molar-refractivity contribution is 7.99. The van der Waals surface area contributed by atoms with Crippen LogP contribution in [0.3, 0.4) is 0 Å². The van der Waals surface area contributed by atoms with Gasteiger partial charge >= 0.3 is 0 Å². The fourth-order valence-electron chi connectivity index (χ4n) is 3.39. The Kier molecular flexibility index (Phi) is 6.02. The molecule has 1 aromatic carbocycles. The number of benzene rings is 1. The molecule has 162 valence electrons. The third kappa shape index (κ3) is 4.18. The van der Waals surface area contributed by atoms with Gasteiger partial charge in [0.25, 0.3) is 5.91 Å². The summed E-state index contributed by atoms with van der Waals surface area (Å²) in [4.78, 5) is 13.2. The molecule has 1 aromatic heterocycles. The predicted molar refractivity (Wildman–Crippen MR) is 118 cm³/mol. The molecule has 3 heterocycles. The Balaban J connectivity index is 1.48. The number of amides is 1. The second kappa shape index (κ2) is 8.41. The number of rotatable bonds is 6. The van der Waals surface area contributed by atoms with E-state index >= 15 is 0 Å². The van der Waals surface area contributed by atoms with Crippen molar-refractivity contribution in [1.29, 1.82) is 0 Å². The molecule has 1 amide bonds. The van der Waals surface area contributed by atoms with Crippen LogP contribution in [0.15, 0.2) is 34.5 Å². The Bertz CT molecular complexity index is 1040. The van der Waals surface area contributed by atoms with E-state index in [-0.39, 0.29) is 27.9 Å². The fraction of sp³-hybridized carbons (Fsp3) is 0.450. The van der Waals surface area contributed by atoms with Crippen LogP contribution in [-0.4, -0.2) is 56.6 Å². The second-order valence-electron chi connectivity index (χ2n) is 7.77. The number of carbonyl (C=O) groups is 1. The van der Waals surface area contributed by atoms with Crippen molar-refractivity contribution < 1.29 is 22.7 Å². The van der Waals surface area contributed by atoms with Crippen molar-refractivity contribution in [1.82, 2.24) is 9.62 Å². The zero-order valence-corrected chi connectivity index (χ0v) is 19.3. The lowest BCUT2D eigenvalue weighted by Gasteiger charge is -2.27. The summed E-state index contributed by atoms with van der Waals surface area (Å²) in [5.41, 5.74) is 0.619. The first kappa shape index (κ1) is 21.5. The Morgan fingerprint density at radius 1 is 1.17 bits per heavy atom. The van der Waals surface area contributed by atoms with Gasteiger partial charge in [0.2, 0.25) is 16.8 Å². The van der Waals surface area contributed by atoms with E-state index in [0.717, 1.165) is 28.4 Å². The standard InChI is InChI=1S/C20H24N2O5S3/c1-20(2,14-3-4-15-16(11-14)27-13-26-15)12-21-19(23)18-17(5-8-29-18)30(24,25)22-6-9-28-10-7-22/h3-5,8,11H,6-7,9-10,12-13H2,1-2H3,(H,21,23). The molecule has 1 N–H and O–H groups in total. The van der Waals surface area contributed by atoms with Crippen molar-refractivity contribution in [3.05, 3.63) is 40.1 Å². The van der Waals surface area contributed by atoms with Crippen molar-refractivity contribution >= 4 is 39.0 Å². The number of sulfonamides is 1. The van der Waals surface area contributed by atoms with Gasteiger partial charge < -0.3 is 14.8 Å². The highest BCUT2D eigenvalue weighted by Crippen LogP contribution is 2.36. The van der Waals surface area contributed by atoms with Crippen LogP contribution in [0.1, 0.15) is 29.1 Å². The van der Waals surface area contributed by atoms with Gasteiger partial charge in [-0.2, -0.15) is 16.1 Å². The maximum atomic E-state index is 13.0. The van der Waals surface area contributed by atoms with Gasteiger partial charge in [0, 0.05) is 36.6 Å². The summed E-state index contributed by atoms with van der Waals surface area (Å²) >= 11 is 2.89. The molecular weight excluding hydrogens is 444 g/mol. The van der Waals surface area contributed by atoms with Gasteiger partial charge in [-0.15, -0.1) is 11.3 Å². The lowest BCUT2D eigenvalue weighted by molar-refractivity contribution is 0.0946. The Morgan fingerprint density at radius 3 is 2.67 bits per heavy atom. The highest BCUT2D eigenvalue weighted by atomic mass is 32.2. The summed E-state index contributed by atoms with van der Waals surface area (Å²) in [7, 11) is -3.67. The van der Waals surface area contributed by atoms with Gasteiger partial charge in [0.05, 0.1) is 0 Å². The largest absolute Gasteiger partial charge is 0.454 e. The Labute approximate surface area is 184 Å². The summed E-state index contributed by atoms with van der Waals surface area (Å²) in [5.74, 6) is 2.58. The molecule has 0 spiro atoms. The summed E-state index contributed by atoms with van der Waals surface area (Å²) in [6.45, 7) is 5.54. The molecule has 7 nitrogen and oxygen atoms in total. The molecule has 0 atom stereocenters. The first-order valence-corrected chi connectivity index (χ1v) is 13.1. The van der Waals surface area contributed by atoms with Gasteiger partial charge in [0.1, 0.15) is 9.77 Å². The second-order valence-corrected chi connectivity index (χ2v) is 11.8. The molecule has 0 unspecified atom stereocenters. The van der Waals surface area contributed by atoms with Crippen molar-refractivity contribution in [3.8, 4) is 11.5 Å². The molecule has 1 saturated heterocycles. The Morgan fingerprint density at radius 2 is 1.90 bits per heavy atom. The van der Waals surface area contributed by atoms with Crippen LogP contribution >= 0.6 is 23.1 Å². The topological polar surface area (TPSA) is 84.9 Å². The lowest BCUT2D eigenvalue weighted by atomic mass is 9.84. The van der Waals surface area contributed by atoms with Crippen LogP contribution in [0.4, 0.5) is 0 Å². The van der Waals surface area contributed by atoms with E-state index in [1.54, 1.807) is 17.1 Å². The van der Waals surface area contributed by atoms with Gasteiger partial charge in [-0.1, -0.05) is 19.9 Å². The van der Waals surface area contributed by atoms with E-state index in [9.17, 15) is 13.2 Å². The average molecular weight is 469 g/mol. The maximum Gasteiger partial charge on any atom is 0.262 e. The third-order valence-electron chi connectivity index (χ3n) is 5.27. The molecule has 0 aliphatic carbocycles. The number of nitrogens with one attached hydrogen (secondary N) is 1. The van der Waals surface area contributed by atoms with Crippen LogP contribution in [-0.2, 0) is 15.4 Å². The van der Waals surface area contributed by atoms with Crippen molar-refractivity contribution in [2.45, 2.75) is 24.2 Å². The minimum Gasteiger partial charge on any atom is -0.454 e. The molecular formula is C20H24N2O5S3. The van der Waals surface area contributed by atoms with Gasteiger partial charge in [-0.05, 0) is 29.1 Å². The number of thiophene rings is 1. The third-order valence-corrected chi connectivity index (χ3v) is 9.19. The lowest BCUT2D eigenvalue weighted by Crippen LogP contribution is -2.39. The van der Waals surface area contributed by atoms with E-state index < -0.39 is 10.0 Å². The van der Waals surface area contributed by atoms with E-state index in [2.05, 4.69) is 5.32 Å². The normalized spacial score (nSPS) is 17.1. The summed E-state index contributed by atoms with van der Waals surface area (Å²) < 4.78 is 38.3.